The van der Waals surface area contributed by atoms with Crippen LogP contribution in [0.25, 0.3) is 11.3 Å². The van der Waals surface area contributed by atoms with Gasteiger partial charge in [0.25, 0.3) is 0 Å². The summed E-state index contributed by atoms with van der Waals surface area (Å²) in [5, 5.41) is 11.0. The number of likely N-dealkylation sites (N-methyl/N-ethyl adjacent to an activating group) is 1. The zero-order valence-electron chi connectivity index (χ0n) is 15.0. The third-order valence-corrected chi connectivity index (χ3v) is 5.01. The highest BCUT2D eigenvalue weighted by Crippen LogP contribution is 2.21. The molecule has 0 radical (unpaired) electrons. The molecule has 0 spiro atoms. The lowest BCUT2D eigenvalue weighted by Gasteiger charge is -2.43. The number of hydrogen-bond acceptors (Lipinski definition) is 4. The minimum Gasteiger partial charge on any atom is -0.311 e. The first-order valence-electron chi connectivity index (χ1n) is 8.78. The molecule has 1 aliphatic rings. The Morgan fingerprint density at radius 3 is 2.54 bits per heavy atom. The van der Waals surface area contributed by atoms with E-state index in [9.17, 15) is 0 Å². The molecule has 0 saturated carbocycles. The number of benzene rings is 1. The third-order valence-electron chi connectivity index (χ3n) is 5.01. The van der Waals surface area contributed by atoms with Crippen LogP contribution in [0.2, 0.25) is 0 Å². The fourth-order valence-electron chi connectivity index (χ4n) is 3.33. The van der Waals surface area contributed by atoms with E-state index >= 15 is 0 Å². The Bertz CT molecular complexity index is 626. The number of piperazine rings is 1. The van der Waals surface area contributed by atoms with Gasteiger partial charge in [-0.2, -0.15) is 5.10 Å². The fourth-order valence-corrected chi connectivity index (χ4v) is 3.33. The van der Waals surface area contributed by atoms with Crippen molar-refractivity contribution in [3.8, 4) is 11.3 Å². The van der Waals surface area contributed by atoms with Crippen LogP contribution in [0.5, 0.6) is 0 Å². The summed E-state index contributed by atoms with van der Waals surface area (Å²) in [7, 11) is 2.20. The molecule has 1 aromatic heterocycles. The molecule has 1 aromatic carbocycles. The largest absolute Gasteiger partial charge is 0.311 e. The highest BCUT2D eigenvalue weighted by Gasteiger charge is 2.28. The van der Waals surface area contributed by atoms with Crippen LogP contribution in [0.15, 0.2) is 36.5 Å². The molecule has 1 saturated heterocycles. The minimum absolute atomic E-state index is 0.165. The van der Waals surface area contributed by atoms with Gasteiger partial charge in [0.2, 0.25) is 0 Å². The zero-order valence-corrected chi connectivity index (χ0v) is 15.0. The van der Waals surface area contributed by atoms with Crippen molar-refractivity contribution >= 4 is 0 Å². The number of hydrogen-bond donors (Lipinski definition) is 2. The van der Waals surface area contributed by atoms with E-state index in [1.54, 1.807) is 0 Å². The van der Waals surface area contributed by atoms with Gasteiger partial charge in [-0.25, -0.2) is 0 Å². The van der Waals surface area contributed by atoms with Crippen molar-refractivity contribution in [1.82, 2.24) is 25.3 Å². The lowest BCUT2D eigenvalue weighted by atomic mass is 10.0. The Kier molecular flexibility index (Phi) is 5.33. The van der Waals surface area contributed by atoms with Crippen LogP contribution in [-0.4, -0.2) is 65.3 Å². The quantitative estimate of drug-likeness (QED) is 0.854. The van der Waals surface area contributed by atoms with E-state index in [1.807, 2.05) is 12.3 Å². The molecule has 2 aromatic rings. The number of nitrogens with zero attached hydrogens (tertiary/aromatic N) is 3. The molecular formula is C19H29N5. The van der Waals surface area contributed by atoms with Gasteiger partial charge in [-0.05, 0) is 26.5 Å². The van der Waals surface area contributed by atoms with E-state index in [2.05, 4.69) is 70.5 Å². The van der Waals surface area contributed by atoms with Gasteiger partial charge >= 0.3 is 0 Å². The van der Waals surface area contributed by atoms with E-state index in [1.165, 1.54) is 11.1 Å². The summed E-state index contributed by atoms with van der Waals surface area (Å²) in [6, 6.07) is 10.4. The number of aromatic amines is 1. The molecule has 1 fully saturated rings. The molecule has 0 atom stereocenters. The van der Waals surface area contributed by atoms with Crippen LogP contribution < -0.4 is 5.32 Å². The molecule has 2 N–H and O–H groups in total. The van der Waals surface area contributed by atoms with Crippen LogP contribution in [0.4, 0.5) is 0 Å². The number of rotatable bonds is 6. The summed E-state index contributed by atoms with van der Waals surface area (Å²) in [5.41, 5.74) is 3.68. The SMILES string of the molecule is CN1CCN(C(C)(C)CNCc2cn[nH]c2-c2ccccc2)CC1. The highest BCUT2D eigenvalue weighted by atomic mass is 15.3. The third kappa shape index (κ3) is 4.04. The van der Waals surface area contributed by atoms with Crippen molar-refractivity contribution in [3.05, 3.63) is 42.1 Å². The van der Waals surface area contributed by atoms with E-state index in [4.69, 9.17) is 0 Å². The molecule has 1 aliphatic heterocycles. The van der Waals surface area contributed by atoms with Crippen LogP contribution in [0.1, 0.15) is 19.4 Å². The Morgan fingerprint density at radius 2 is 1.83 bits per heavy atom. The van der Waals surface area contributed by atoms with Crippen molar-refractivity contribution in [2.24, 2.45) is 0 Å². The van der Waals surface area contributed by atoms with Crippen LogP contribution >= 0.6 is 0 Å². The monoisotopic (exact) mass is 327 g/mol. The molecule has 2 heterocycles. The van der Waals surface area contributed by atoms with E-state index in [0.29, 0.717) is 0 Å². The summed E-state index contributed by atoms with van der Waals surface area (Å²) < 4.78 is 0. The van der Waals surface area contributed by atoms with E-state index < -0.39 is 0 Å². The van der Waals surface area contributed by atoms with Gasteiger partial charge in [-0.15, -0.1) is 0 Å². The van der Waals surface area contributed by atoms with Gasteiger partial charge in [0.1, 0.15) is 0 Å². The van der Waals surface area contributed by atoms with E-state index in [-0.39, 0.29) is 5.54 Å². The average Bonchev–Trinajstić information content (AvgIpc) is 3.04. The van der Waals surface area contributed by atoms with Crippen LogP contribution in [-0.2, 0) is 6.54 Å². The van der Waals surface area contributed by atoms with Crippen molar-refractivity contribution in [2.75, 3.05) is 39.8 Å². The van der Waals surface area contributed by atoms with Crippen molar-refractivity contribution in [3.63, 3.8) is 0 Å². The average molecular weight is 327 g/mol. The molecule has 0 aliphatic carbocycles. The second kappa shape index (κ2) is 7.47. The van der Waals surface area contributed by atoms with Gasteiger partial charge in [0.15, 0.2) is 0 Å². The molecule has 0 unspecified atom stereocenters. The molecule has 0 amide bonds. The second-order valence-electron chi connectivity index (χ2n) is 7.34. The number of aromatic nitrogens is 2. The second-order valence-corrected chi connectivity index (χ2v) is 7.34. The Balaban J connectivity index is 1.56. The lowest BCUT2D eigenvalue weighted by Crippen LogP contribution is -2.57. The zero-order chi connectivity index (χ0) is 17.0. The predicted molar refractivity (Wildman–Crippen MR) is 98.9 cm³/mol. The normalized spacial score (nSPS) is 17.3. The smallest absolute Gasteiger partial charge is 0.0695 e. The first-order valence-corrected chi connectivity index (χ1v) is 8.78. The first kappa shape index (κ1) is 17.1. The summed E-state index contributed by atoms with van der Waals surface area (Å²) in [6.07, 6.45) is 1.93. The first-order chi connectivity index (χ1) is 11.6. The fraction of sp³-hybridized carbons (Fsp3) is 0.526. The molecule has 5 heteroatoms. The molecule has 5 nitrogen and oxygen atoms in total. The number of nitrogens with one attached hydrogen (secondary N) is 2. The van der Waals surface area contributed by atoms with Crippen molar-refractivity contribution in [1.29, 1.82) is 0 Å². The Hall–Kier alpha value is -1.69. The Labute approximate surface area is 145 Å². The topological polar surface area (TPSA) is 47.2 Å². The maximum atomic E-state index is 4.23. The van der Waals surface area contributed by atoms with Crippen molar-refractivity contribution < 1.29 is 0 Å². The van der Waals surface area contributed by atoms with Gasteiger partial charge in [0, 0.05) is 50.4 Å². The predicted octanol–water partition coefficient (Wildman–Crippen LogP) is 2.19. The van der Waals surface area contributed by atoms with Crippen LogP contribution in [0, 0.1) is 0 Å². The molecule has 130 valence electrons. The summed E-state index contributed by atoms with van der Waals surface area (Å²) >= 11 is 0. The highest BCUT2D eigenvalue weighted by molar-refractivity contribution is 5.62. The molecule has 0 bridgehead atoms. The molecular weight excluding hydrogens is 298 g/mol. The summed E-state index contributed by atoms with van der Waals surface area (Å²) in [6.45, 7) is 11.1. The van der Waals surface area contributed by atoms with Gasteiger partial charge in [0.05, 0.1) is 11.9 Å². The maximum Gasteiger partial charge on any atom is 0.0695 e. The molecule has 3 rings (SSSR count). The summed E-state index contributed by atoms with van der Waals surface area (Å²) in [4.78, 5) is 4.99. The molecule has 24 heavy (non-hydrogen) atoms. The van der Waals surface area contributed by atoms with Crippen LogP contribution in [0.3, 0.4) is 0 Å². The minimum atomic E-state index is 0.165. The lowest BCUT2D eigenvalue weighted by molar-refractivity contribution is 0.0618. The van der Waals surface area contributed by atoms with Gasteiger partial charge in [-0.1, -0.05) is 30.3 Å². The van der Waals surface area contributed by atoms with Gasteiger partial charge < -0.3 is 10.2 Å². The maximum absolute atomic E-state index is 4.23. The van der Waals surface area contributed by atoms with Gasteiger partial charge in [-0.3, -0.25) is 10.00 Å². The standard InChI is InChI=1S/C19H29N5/c1-19(2,24-11-9-23(3)10-12-24)15-20-13-17-14-21-22-18(17)16-7-5-4-6-8-16/h4-8,14,20H,9-13,15H2,1-3H3,(H,21,22). The summed E-state index contributed by atoms with van der Waals surface area (Å²) in [5.74, 6) is 0. The number of H-pyrrole nitrogens is 1. The van der Waals surface area contributed by atoms with E-state index in [0.717, 1.165) is 45.0 Å². The van der Waals surface area contributed by atoms with Crippen molar-refractivity contribution in [2.45, 2.75) is 25.9 Å². The Morgan fingerprint density at radius 1 is 1.12 bits per heavy atom.